The molecule has 0 radical (unpaired) electrons. The normalized spacial score (nSPS) is 11.4. The Bertz CT molecular complexity index is 1600. The van der Waals surface area contributed by atoms with Gasteiger partial charge in [0.05, 0.1) is 16.9 Å². The van der Waals surface area contributed by atoms with Crippen molar-refractivity contribution >= 4 is 21.8 Å². The lowest BCUT2D eigenvalue weighted by Gasteiger charge is -2.06. The Morgan fingerprint density at radius 3 is 2.71 bits per heavy atom. The van der Waals surface area contributed by atoms with Gasteiger partial charge in [0.15, 0.2) is 0 Å². The molecule has 6 aromatic rings. The molecule has 0 atom stereocenters. The highest BCUT2D eigenvalue weighted by atomic mass is 15.1. The third-order valence-electron chi connectivity index (χ3n) is 6.13. The van der Waals surface area contributed by atoms with Crippen LogP contribution in [-0.2, 0) is 6.54 Å². The second-order valence-corrected chi connectivity index (χ2v) is 8.36. The van der Waals surface area contributed by atoms with Crippen LogP contribution in [0.5, 0.6) is 0 Å². The van der Waals surface area contributed by atoms with Crippen LogP contribution in [-0.4, -0.2) is 31.7 Å². The number of rotatable bonds is 6. The summed E-state index contributed by atoms with van der Waals surface area (Å²) < 4.78 is 0. The van der Waals surface area contributed by atoms with Gasteiger partial charge in [0.25, 0.3) is 0 Å². The van der Waals surface area contributed by atoms with Crippen LogP contribution >= 0.6 is 0 Å². The van der Waals surface area contributed by atoms with Gasteiger partial charge < -0.3 is 10.3 Å². The minimum absolute atomic E-state index is 0.810. The molecule has 6 nitrogen and oxygen atoms in total. The number of aromatic amines is 2. The monoisotopic (exact) mass is 444 g/mol. The van der Waals surface area contributed by atoms with E-state index in [1.807, 2.05) is 36.8 Å². The molecule has 0 amide bonds. The molecule has 34 heavy (non-hydrogen) atoms. The summed E-state index contributed by atoms with van der Waals surface area (Å²) in [5.41, 5.74) is 9.37. The van der Waals surface area contributed by atoms with Crippen LogP contribution in [0.15, 0.2) is 85.3 Å². The number of nitrogens with one attached hydrogen (secondary N) is 3. The van der Waals surface area contributed by atoms with Gasteiger partial charge in [-0.15, -0.1) is 0 Å². The molecule has 0 saturated carbocycles. The highest BCUT2D eigenvalue weighted by molar-refractivity contribution is 6.01. The van der Waals surface area contributed by atoms with E-state index in [4.69, 9.17) is 0 Å². The summed E-state index contributed by atoms with van der Waals surface area (Å²) in [6.45, 7) is 3.85. The summed E-state index contributed by atoms with van der Waals surface area (Å²) in [7, 11) is 0. The first-order chi connectivity index (χ1) is 16.8. The molecule has 6 heteroatoms. The zero-order valence-corrected chi connectivity index (χ0v) is 18.8. The van der Waals surface area contributed by atoms with E-state index >= 15 is 0 Å². The van der Waals surface area contributed by atoms with Crippen LogP contribution in [0.1, 0.15) is 12.5 Å². The number of hydrogen-bond donors (Lipinski definition) is 3. The van der Waals surface area contributed by atoms with Crippen molar-refractivity contribution in [2.45, 2.75) is 13.5 Å². The molecule has 0 unspecified atom stereocenters. The topological polar surface area (TPSA) is 82.3 Å². The Kier molecular flexibility index (Phi) is 5.13. The Morgan fingerprint density at radius 1 is 0.853 bits per heavy atom. The van der Waals surface area contributed by atoms with Crippen molar-refractivity contribution in [2.75, 3.05) is 6.54 Å². The fourth-order valence-electron chi connectivity index (χ4n) is 4.44. The van der Waals surface area contributed by atoms with Gasteiger partial charge in [-0.2, -0.15) is 5.10 Å². The number of fused-ring (bicyclic) bond motifs is 2. The van der Waals surface area contributed by atoms with Crippen LogP contribution in [0.4, 0.5) is 0 Å². The van der Waals surface area contributed by atoms with Crippen molar-refractivity contribution in [3.63, 3.8) is 0 Å². The van der Waals surface area contributed by atoms with Crippen LogP contribution in [0, 0.1) is 0 Å². The largest absolute Gasteiger partial charge is 0.353 e. The van der Waals surface area contributed by atoms with E-state index in [1.165, 1.54) is 5.56 Å². The molecule has 0 aliphatic carbocycles. The fraction of sp³-hybridized carbons (Fsp3) is 0.107. The zero-order valence-electron chi connectivity index (χ0n) is 18.8. The SMILES string of the molecule is CCNCc1cncc(-c2ccc3[nH]nc(-c4cc5c(-c6ccccn6)cccc5[nH]4)c3c2)c1. The predicted molar refractivity (Wildman–Crippen MR) is 137 cm³/mol. The second kappa shape index (κ2) is 8.57. The third-order valence-corrected chi connectivity index (χ3v) is 6.13. The van der Waals surface area contributed by atoms with E-state index in [-0.39, 0.29) is 0 Å². The molecule has 3 N–H and O–H groups in total. The highest BCUT2D eigenvalue weighted by Gasteiger charge is 2.14. The highest BCUT2D eigenvalue weighted by Crippen LogP contribution is 2.34. The molecule has 4 aromatic heterocycles. The van der Waals surface area contributed by atoms with Crippen LogP contribution < -0.4 is 5.32 Å². The van der Waals surface area contributed by atoms with Gasteiger partial charge >= 0.3 is 0 Å². The van der Waals surface area contributed by atoms with Gasteiger partial charge in [0.1, 0.15) is 5.69 Å². The van der Waals surface area contributed by atoms with Crippen molar-refractivity contribution < 1.29 is 0 Å². The molecule has 0 aliphatic rings. The molecular formula is C28H24N6. The van der Waals surface area contributed by atoms with Gasteiger partial charge in [-0.3, -0.25) is 15.1 Å². The lowest BCUT2D eigenvalue weighted by Crippen LogP contribution is -2.11. The Hall–Kier alpha value is -4.29. The lowest BCUT2D eigenvalue weighted by molar-refractivity contribution is 0.724. The quantitative estimate of drug-likeness (QED) is 0.297. The summed E-state index contributed by atoms with van der Waals surface area (Å²) in [5.74, 6) is 0. The molecule has 0 bridgehead atoms. The van der Waals surface area contributed by atoms with Gasteiger partial charge in [-0.05, 0) is 60.1 Å². The molecule has 6 rings (SSSR count). The Morgan fingerprint density at radius 2 is 1.82 bits per heavy atom. The molecule has 0 aliphatic heterocycles. The second-order valence-electron chi connectivity index (χ2n) is 8.36. The first kappa shape index (κ1) is 20.3. The standard InChI is InChI=1S/C28H24N6/c1-2-29-15-18-12-20(17-30-16-18)19-9-10-26-23(13-19)28(34-33-26)27-14-22-21(6-5-8-25(22)32-27)24-7-3-4-11-31-24/h3-14,16-17,29,32H,2,15H2,1H3,(H,33,34). The Labute approximate surface area is 197 Å². The van der Waals surface area contributed by atoms with Gasteiger partial charge in [0.2, 0.25) is 0 Å². The minimum atomic E-state index is 0.810. The maximum Gasteiger partial charge on any atom is 0.116 e. The van der Waals surface area contributed by atoms with Crippen molar-refractivity contribution in [1.82, 2.24) is 30.5 Å². The maximum absolute atomic E-state index is 4.66. The number of benzene rings is 2. The zero-order chi connectivity index (χ0) is 22.9. The first-order valence-corrected chi connectivity index (χ1v) is 11.5. The number of pyridine rings is 2. The fourth-order valence-corrected chi connectivity index (χ4v) is 4.44. The molecule has 0 fully saturated rings. The van der Waals surface area contributed by atoms with Crippen LogP contribution in [0.3, 0.4) is 0 Å². The van der Waals surface area contributed by atoms with E-state index in [9.17, 15) is 0 Å². The van der Waals surface area contributed by atoms with Crippen LogP contribution in [0.25, 0.3) is 55.6 Å². The van der Waals surface area contributed by atoms with Crippen LogP contribution in [0.2, 0.25) is 0 Å². The number of nitrogens with zero attached hydrogens (tertiary/aromatic N) is 3. The Balaban J connectivity index is 1.44. The van der Waals surface area contributed by atoms with Gasteiger partial charge in [0, 0.05) is 52.6 Å². The van der Waals surface area contributed by atoms with E-state index in [1.54, 1.807) is 0 Å². The number of hydrogen-bond acceptors (Lipinski definition) is 4. The van der Waals surface area contributed by atoms with E-state index in [0.29, 0.717) is 0 Å². The summed E-state index contributed by atoms with van der Waals surface area (Å²) >= 11 is 0. The van der Waals surface area contributed by atoms with Crippen molar-refractivity contribution in [1.29, 1.82) is 0 Å². The van der Waals surface area contributed by atoms with Crippen molar-refractivity contribution in [3.05, 3.63) is 90.9 Å². The summed E-state index contributed by atoms with van der Waals surface area (Å²) in [6, 6.07) is 23.0. The molecule has 0 spiro atoms. The van der Waals surface area contributed by atoms with Gasteiger partial charge in [-0.1, -0.05) is 31.2 Å². The minimum Gasteiger partial charge on any atom is -0.353 e. The molecule has 0 saturated heterocycles. The van der Waals surface area contributed by atoms with E-state index < -0.39 is 0 Å². The molecule has 166 valence electrons. The average Bonchev–Trinajstić information content (AvgIpc) is 3.51. The molecule has 4 heterocycles. The van der Waals surface area contributed by atoms with E-state index in [0.717, 1.165) is 68.7 Å². The van der Waals surface area contributed by atoms with Crippen molar-refractivity contribution in [2.24, 2.45) is 0 Å². The number of aromatic nitrogens is 5. The first-order valence-electron chi connectivity index (χ1n) is 11.5. The summed E-state index contributed by atoms with van der Waals surface area (Å²) in [4.78, 5) is 12.6. The maximum atomic E-state index is 4.66. The number of H-pyrrole nitrogens is 2. The van der Waals surface area contributed by atoms with Crippen molar-refractivity contribution in [3.8, 4) is 33.8 Å². The smallest absolute Gasteiger partial charge is 0.116 e. The average molecular weight is 445 g/mol. The predicted octanol–water partition coefficient (Wildman–Crippen LogP) is 5.94. The third kappa shape index (κ3) is 3.64. The van der Waals surface area contributed by atoms with E-state index in [2.05, 4.69) is 85.9 Å². The summed E-state index contributed by atoms with van der Waals surface area (Å²) in [6.07, 6.45) is 5.66. The molecular weight excluding hydrogens is 420 g/mol. The lowest BCUT2D eigenvalue weighted by atomic mass is 10.0. The summed E-state index contributed by atoms with van der Waals surface area (Å²) in [5, 5.41) is 13.4. The van der Waals surface area contributed by atoms with Gasteiger partial charge in [-0.25, -0.2) is 0 Å². The molecule has 2 aromatic carbocycles.